The number of likely N-dealkylation sites (N-methyl/N-ethyl adjacent to an activating group) is 1. The Balaban J connectivity index is 1.57. The first-order valence-corrected chi connectivity index (χ1v) is 10.2. The van der Waals surface area contributed by atoms with Crippen molar-refractivity contribution < 1.29 is 18.3 Å². The van der Waals surface area contributed by atoms with Crippen molar-refractivity contribution in [3.8, 4) is 0 Å². The number of fused-ring (bicyclic) bond motifs is 3. The highest BCUT2D eigenvalue weighted by Gasteiger charge is 2.52. The van der Waals surface area contributed by atoms with Gasteiger partial charge in [-0.3, -0.25) is 4.79 Å². The summed E-state index contributed by atoms with van der Waals surface area (Å²) >= 11 is 0. The van der Waals surface area contributed by atoms with Crippen molar-refractivity contribution in [2.45, 2.75) is 30.8 Å². The molecule has 10 heteroatoms. The lowest BCUT2D eigenvalue weighted by molar-refractivity contribution is -0.128. The highest BCUT2D eigenvalue weighted by atomic mass is 19.1. The number of rotatable bonds is 3. The highest BCUT2D eigenvalue weighted by molar-refractivity contribution is 6.07. The van der Waals surface area contributed by atoms with Gasteiger partial charge >= 0.3 is 0 Å². The zero-order valence-electron chi connectivity index (χ0n) is 17.2. The number of halogens is 2. The molecule has 0 radical (unpaired) electrons. The number of carbonyl (C=O) groups is 1. The van der Waals surface area contributed by atoms with Gasteiger partial charge in [0, 0.05) is 31.4 Å². The minimum Gasteiger partial charge on any atom is -0.377 e. The second-order valence-corrected chi connectivity index (χ2v) is 7.97. The molecule has 3 aliphatic heterocycles. The fourth-order valence-electron chi connectivity index (χ4n) is 4.62. The van der Waals surface area contributed by atoms with Gasteiger partial charge in [0.05, 0.1) is 31.4 Å². The quantitative estimate of drug-likeness (QED) is 0.807. The molecule has 162 valence electrons. The van der Waals surface area contributed by atoms with Crippen LogP contribution in [0.3, 0.4) is 0 Å². The number of nitrogens with one attached hydrogen (secondary N) is 1. The summed E-state index contributed by atoms with van der Waals surface area (Å²) in [4.78, 5) is 26.0. The summed E-state index contributed by atoms with van der Waals surface area (Å²) in [5.74, 6) is -0.706. The fourth-order valence-corrected chi connectivity index (χ4v) is 4.62. The predicted octanol–water partition coefficient (Wildman–Crippen LogP) is 2.13. The van der Waals surface area contributed by atoms with Crippen LogP contribution >= 0.6 is 0 Å². The lowest BCUT2D eigenvalue weighted by Crippen LogP contribution is -2.68. The maximum Gasteiger partial charge on any atom is 0.255 e. The largest absolute Gasteiger partial charge is 0.377 e. The molecular formula is C21H22F2N6O2. The molecule has 1 saturated heterocycles. The molecule has 3 aliphatic rings. The van der Waals surface area contributed by atoms with E-state index in [4.69, 9.17) is 9.72 Å². The molecular weight excluding hydrogens is 406 g/mol. The smallest absolute Gasteiger partial charge is 0.255 e. The van der Waals surface area contributed by atoms with Crippen LogP contribution in [0.1, 0.15) is 36.7 Å². The Hall–Kier alpha value is -3.14. The van der Waals surface area contributed by atoms with E-state index in [2.05, 4.69) is 15.5 Å². The first kappa shape index (κ1) is 19.8. The SMILES string of the molecule is CC[C@]12COCCN1c1nc(C3C=NNC3c3ccc(F)cc3F)ncc1N(C)C2=O. The minimum atomic E-state index is -0.809. The van der Waals surface area contributed by atoms with Gasteiger partial charge in [-0.1, -0.05) is 13.0 Å². The van der Waals surface area contributed by atoms with Crippen molar-refractivity contribution in [3.63, 3.8) is 0 Å². The average molecular weight is 428 g/mol. The van der Waals surface area contributed by atoms with E-state index in [0.717, 1.165) is 6.07 Å². The van der Waals surface area contributed by atoms with Crippen molar-refractivity contribution in [1.82, 2.24) is 15.4 Å². The third kappa shape index (κ3) is 2.88. The fraction of sp³-hybridized carbons (Fsp3) is 0.429. The Morgan fingerprint density at radius 1 is 1.35 bits per heavy atom. The van der Waals surface area contributed by atoms with Gasteiger partial charge < -0.3 is 20.0 Å². The van der Waals surface area contributed by atoms with Crippen LogP contribution in [-0.2, 0) is 9.53 Å². The van der Waals surface area contributed by atoms with Crippen LogP contribution in [0.4, 0.5) is 20.3 Å². The summed E-state index contributed by atoms with van der Waals surface area (Å²) in [6.07, 6.45) is 3.82. The maximum absolute atomic E-state index is 14.4. The molecule has 1 fully saturated rings. The van der Waals surface area contributed by atoms with Crippen LogP contribution in [0.15, 0.2) is 29.5 Å². The van der Waals surface area contributed by atoms with Crippen molar-refractivity contribution >= 4 is 23.6 Å². The van der Waals surface area contributed by atoms with Crippen LogP contribution in [0.2, 0.25) is 0 Å². The second-order valence-electron chi connectivity index (χ2n) is 7.97. The Labute approximate surface area is 177 Å². The molecule has 0 aliphatic carbocycles. The number of ether oxygens (including phenoxy) is 1. The van der Waals surface area contributed by atoms with E-state index < -0.39 is 29.1 Å². The van der Waals surface area contributed by atoms with Crippen molar-refractivity contribution in [2.75, 3.05) is 36.6 Å². The number of anilines is 2. The number of hydrazone groups is 1. The molecule has 3 atom stereocenters. The molecule has 0 spiro atoms. The number of hydrogen-bond donors (Lipinski definition) is 1. The van der Waals surface area contributed by atoms with Gasteiger partial charge in [0.25, 0.3) is 5.91 Å². The normalized spacial score (nSPS) is 27.2. The third-order valence-electron chi connectivity index (χ3n) is 6.39. The summed E-state index contributed by atoms with van der Waals surface area (Å²) in [6.45, 7) is 3.28. The van der Waals surface area contributed by atoms with E-state index in [1.54, 1.807) is 24.4 Å². The molecule has 0 bridgehead atoms. The molecule has 0 saturated carbocycles. The summed E-state index contributed by atoms with van der Waals surface area (Å²) in [6, 6.07) is 2.90. The number of morpholine rings is 1. The Kier molecular flexibility index (Phi) is 4.62. The van der Waals surface area contributed by atoms with Crippen LogP contribution in [0, 0.1) is 11.6 Å². The van der Waals surface area contributed by atoms with Gasteiger partial charge in [0.15, 0.2) is 5.82 Å². The van der Waals surface area contributed by atoms with E-state index in [0.29, 0.717) is 43.5 Å². The second kappa shape index (κ2) is 7.23. The molecule has 1 amide bonds. The van der Waals surface area contributed by atoms with Gasteiger partial charge in [-0.15, -0.1) is 0 Å². The summed E-state index contributed by atoms with van der Waals surface area (Å²) in [7, 11) is 1.71. The molecule has 2 aromatic rings. The molecule has 2 unspecified atom stereocenters. The van der Waals surface area contributed by atoms with Crippen molar-refractivity contribution in [2.24, 2.45) is 5.10 Å². The number of amides is 1. The number of carbonyl (C=O) groups excluding carboxylic acids is 1. The van der Waals surface area contributed by atoms with Gasteiger partial charge in [-0.05, 0) is 12.5 Å². The zero-order chi connectivity index (χ0) is 21.8. The predicted molar refractivity (Wildman–Crippen MR) is 110 cm³/mol. The van der Waals surface area contributed by atoms with Gasteiger partial charge in [0.1, 0.15) is 28.7 Å². The van der Waals surface area contributed by atoms with Crippen LogP contribution in [0.25, 0.3) is 0 Å². The molecule has 5 rings (SSSR count). The molecule has 31 heavy (non-hydrogen) atoms. The van der Waals surface area contributed by atoms with Crippen molar-refractivity contribution in [1.29, 1.82) is 0 Å². The zero-order valence-corrected chi connectivity index (χ0v) is 17.2. The Morgan fingerprint density at radius 3 is 2.97 bits per heavy atom. The monoisotopic (exact) mass is 428 g/mol. The third-order valence-corrected chi connectivity index (χ3v) is 6.39. The molecule has 8 nitrogen and oxygen atoms in total. The van der Waals surface area contributed by atoms with Gasteiger partial charge in [0.2, 0.25) is 0 Å². The highest BCUT2D eigenvalue weighted by Crippen LogP contribution is 2.42. The number of benzene rings is 1. The summed E-state index contributed by atoms with van der Waals surface area (Å²) in [5.41, 5.74) is 2.97. The van der Waals surface area contributed by atoms with Gasteiger partial charge in [-0.2, -0.15) is 5.10 Å². The van der Waals surface area contributed by atoms with E-state index in [9.17, 15) is 13.6 Å². The topological polar surface area (TPSA) is 82.9 Å². The van der Waals surface area contributed by atoms with Gasteiger partial charge in [-0.25, -0.2) is 18.7 Å². The minimum absolute atomic E-state index is 0.0473. The number of aromatic nitrogens is 2. The van der Waals surface area contributed by atoms with Crippen LogP contribution in [-0.4, -0.2) is 54.4 Å². The Morgan fingerprint density at radius 2 is 2.19 bits per heavy atom. The summed E-state index contributed by atoms with van der Waals surface area (Å²) < 4.78 is 33.5. The molecule has 1 aromatic carbocycles. The standard InChI is InChI=1S/C21H22F2N6O2/c1-3-21-11-31-7-6-29(21)19-16(28(2)20(21)30)10-24-18(26-19)14-9-25-27-17(14)13-5-4-12(22)8-15(13)23/h4-5,8-10,14,17,27H,3,6-7,11H2,1-2H3/t14?,17?,21-/m1/s1. The number of nitrogens with zero attached hydrogens (tertiary/aromatic N) is 5. The Bertz CT molecular complexity index is 1080. The van der Waals surface area contributed by atoms with Crippen LogP contribution in [0.5, 0.6) is 0 Å². The lowest BCUT2D eigenvalue weighted by atomic mass is 9.89. The van der Waals surface area contributed by atoms with E-state index in [-0.39, 0.29) is 11.5 Å². The maximum atomic E-state index is 14.4. The lowest BCUT2D eigenvalue weighted by Gasteiger charge is -2.51. The van der Waals surface area contributed by atoms with E-state index >= 15 is 0 Å². The number of hydrogen-bond acceptors (Lipinski definition) is 7. The molecule has 1 N–H and O–H groups in total. The van der Waals surface area contributed by atoms with Crippen molar-refractivity contribution in [3.05, 3.63) is 47.4 Å². The summed E-state index contributed by atoms with van der Waals surface area (Å²) in [5, 5.41) is 4.10. The molecule has 1 aromatic heterocycles. The van der Waals surface area contributed by atoms with E-state index in [1.807, 2.05) is 11.8 Å². The van der Waals surface area contributed by atoms with E-state index in [1.165, 1.54) is 12.1 Å². The average Bonchev–Trinajstić information content (AvgIpc) is 3.26. The first-order chi connectivity index (χ1) is 15.0. The van der Waals surface area contributed by atoms with Crippen LogP contribution < -0.4 is 15.2 Å². The molecule has 4 heterocycles. The first-order valence-electron chi connectivity index (χ1n) is 10.2.